The van der Waals surface area contributed by atoms with Gasteiger partial charge in [0, 0.05) is 19.3 Å². The molecule has 4 rings (SSSR count). The molecule has 0 aliphatic rings. The maximum atomic E-state index is 13.1. The monoisotopic (exact) mass is 504 g/mol. The van der Waals surface area contributed by atoms with E-state index >= 15 is 0 Å². The second kappa shape index (κ2) is 9.22. The SMILES string of the molecule is C[C@H](Nc1nc2cc(C(F)(F)F)c(Cl)cc2o1)c1ncnn1-c1ccc(C(=O)N(C)CC#N)cn1. The zero-order valence-electron chi connectivity index (χ0n) is 18.2. The first-order chi connectivity index (χ1) is 16.6. The predicted octanol–water partition coefficient (Wildman–Crippen LogP) is 4.24. The van der Waals surface area contributed by atoms with Crippen LogP contribution in [0.4, 0.5) is 19.2 Å². The number of pyridine rings is 1. The Bertz CT molecular complexity index is 1430. The van der Waals surface area contributed by atoms with Crippen LogP contribution in [0.3, 0.4) is 0 Å². The molecule has 1 atom stereocenters. The van der Waals surface area contributed by atoms with Crippen molar-refractivity contribution in [2.45, 2.75) is 19.1 Å². The molecule has 4 aromatic rings. The fourth-order valence-electron chi connectivity index (χ4n) is 3.24. The van der Waals surface area contributed by atoms with Crippen molar-refractivity contribution in [2.75, 3.05) is 18.9 Å². The summed E-state index contributed by atoms with van der Waals surface area (Å²) < 4.78 is 46.3. The van der Waals surface area contributed by atoms with Gasteiger partial charge in [0.15, 0.2) is 17.2 Å². The Morgan fingerprint density at radius 2 is 2.11 bits per heavy atom. The highest BCUT2D eigenvalue weighted by molar-refractivity contribution is 6.32. The zero-order valence-corrected chi connectivity index (χ0v) is 19.0. The maximum absolute atomic E-state index is 13.1. The Balaban J connectivity index is 1.55. The lowest BCUT2D eigenvalue weighted by Crippen LogP contribution is -2.27. The zero-order chi connectivity index (χ0) is 25.3. The molecule has 0 radical (unpaired) electrons. The molecule has 3 heterocycles. The lowest BCUT2D eigenvalue weighted by atomic mass is 10.2. The largest absolute Gasteiger partial charge is 0.423 e. The van der Waals surface area contributed by atoms with Gasteiger partial charge in [0.05, 0.1) is 28.3 Å². The summed E-state index contributed by atoms with van der Waals surface area (Å²) in [6.45, 7) is 1.66. The number of carbonyl (C=O) groups is 1. The van der Waals surface area contributed by atoms with E-state index in [4.69, 9.17) is 21.3 Å². The Labute approximate surface area is 201 Å². The summed E-state index contributed by atoms with van der Waals surface area (Å²) in [6.07, 6.45) is -1.96. The van der Waals surface area contributed by atoms with Gasteiger partial charge in [-0.3, -0.25) is 4.79 Å². The molecule has 180 valence electrons. The summed E-state index contributed by atoms with van der Waals surface area (Å²) in [5.74, 6) is 0.406. The second-order valence-electron chi connectivity index (χ2n) is 7.44. The minimum Gasteiger partial charge on any atom is -0.423 e. The first kappa shape index (κ1) is 24.0. The molecule has 0 unspecified atom stereocenters. The number of halogens is 4. The summed E-state index contributed by atoms with van der Waals surface area (Å²) in [6, 6.07) is 6.31. The Hall–Kier alpha value is -4.18. The van der Waals surface area contributed by atoms with Gasteiger partial charge in [-0.1, -0.05) is 11.6 Å². The lowest BCUT2D eigenvalue weighted by molar-refractivity contribution is -0.137. The van der Waals surface area contributed by atoms with Crippen molar-refractivity contribution in [3.8, 4) is 11.9 Å². The molecule has 1 amide bonds. The van der Waals surface area contributed by atoms with Crippen LogP contribution in [0.5, 0.6) is 0 Å². The molecular formula is C21H16ClF3N8O2. The molecule has 35 heavy (non-hydrogen) atoms. The number of oxazole rings is 1. The number of hydrogen-bond donors (Lipinski definition) is 1. The van der Waals surface area contributed by atoms with Gasteiger partial charge >= 0.3 is 6.18 Å². The molecule has 0 spiro atoms. The van der Waals surface area contributed by atoms with E-state index in [9.17, 15) is 18.0 Å². The van der Waals surface area contributed by atoms with Crippen LogP contribution in [0.15, 0.2) is 41.2 Å². The van der Waals surface area contributed by atoms with Crippen LogP contribution < -0.4 is 5.32 Å². The Morgan fingerprint density at radius 3 is 2.77 bits per heavy atom. The lowest BCUT2D eigenvalue weighted by Gasteiger charge is -2.14. The maximum Gasteiger partial charge on any atom is 0.417 e. The molecule has 1 aromatic carbocycles. The number of carbonyl (C=O) groups excluding carboxylic acids is 1. The van der Waals surface area contributed by atoms with Gasteiger partial charge < -0.3 is 14.6 Å². The van der Waals surface area contributed by atoms with Gasteiger partial charge in [0.2, 0.25) is 0 Å². The van der Waals surface area contributed by atoms with E-state index in [0.717, 1.165) is 12.1 Å². The first-order valence-corrected chi connectivity index (χ1v) is 10.4. The Kier molecular flexibility index (Phi) is 6.31. The van der Waals surface area contributed by atoms with Gasteiger partial charge in [-0.05, 0) is 25.1 Å². The predicted molar refractivity (Wildman–Crippen MR) is 118 cm³/mol. The Morgan fingerprint density at radius 1 is 1.34 bits per heavy atom. The smallest absolute Gasteiger partial charge is 0.417 e. The topological polar surface area (TPSA) is 126 Å². The minimum atomic E-state index is -4.63. The van der Waals surface area contributed by atoms with Crippen LogP contribution in [0.2, 0.25) is 5.02 Å². The second-order valence-corrected chi connectivity index (χ2v) is 7.84. The summed E-state index contributed by atoms with van der Waals surface area (Å²) in [5, 5.41) is 15.3. The molecule has 0 saturated heterocycles. The van der Waals surface area contributed by atoms with E-state index in [0.29, 0.717) is 17.2 Å². The van der Waals surface area contributed by atoms with E-state index in [1.807, 2.05) is 6.07 Å². The molecule has 10 nitrogen and oxygen atoms in total. The van der Waals surface area contributed by atoms with E-state index in [1.165, 1.54) is 29.2 Å². The van der Waals surface area contributed by atoms with Crippen LogP contribution in [0.25, 0.3) is 16.9 Å². The van der Waals surface area contributed by atoms with Crippen LogP contribution in [-0.4, -0.2) is 49.1 Å². The fraction of sp³-hybridized carbons (Fsp3) is 0.238. The molecule has 0 fully saturated rings. The first-order valence-electron chi connectivity index (χ1n) is 10.0. The van der Waals surface area contributed by atoms with Gasteiger partial charge in [-0.2, -0.15) is 33.2 Å². The molecule has 0 aliphatic heterocycles. The molecule has 0 aliphatic carbocycles. The number of nitrogens with zero attached hydrogens (tertiary/aromatic N) is 7. The number of aromatic nitrogens is 5. The number of amides is 1. The van der Waals surface area contributed by atoms with Crippen LogP contribution in [-0.2, 0) is 6.18 Å². The number of alkyl halides is 3. The number of anilines is 1. The molecule has 0 bridgehead atoms. The summed E-state index contributed by atoms with van der Waals surface area (Å²) in [4.78, 5) is 26.1. The number of hydrogen-bond acceptors (Lipinski definition) is 8. The number of nitrogens with one attached hydrogen (secondary N) is 1. The third kappa shape index (κ3) is 4.87. The van der Waals surface area contributed by atoms with Gasteiger partial charge in [0.25, 0.3) is 11.9 Å². The number of rotatable bonds is 6. The highest BCUT2D eigenvalue weighted by Gasteiger charge is 2.34. The van der Waals surface area contributed by atoms with Crippen LogP contribution in [0, 0.1) is 11.3 Å². The van der Waals surface area contributed by atoms with Crippen molar-refractivity contribution in [3.05, 3.63) is 58.8 Å². The van der Waals surface area contributed by atoms with Crippen molar-refractivity contribution >= 4 is 34.6 Å². The molecule has 3 aromatic heterocycles. The van der Waals surface area contributed by atoms with E-state index in [-0.39, 0.29) is 29.6 Å². The molecule has 14 heteroatoms. The van der Waals surface area contributed by atoms with Gasteiger partial charge in [-0.25, -0.2) is 9.97 Å². The van der Waals surface area contributed by atoms with Crippen molar-refractivity contribution in [1.29, 1.82) is 5.26 Å². The summed E-state index contributed by atoms with van der Waals surface area (Å²) >= 11 is 5.74. The fourth-order valence-corrected chi connectivity index (χ4v) is 3.50. The molecule has 1 N–H and O–H groups in total. The summed E-state index contributed by atoms with van der Waals surface area (Å²) in [5.41, 5.74) is -0.641. The van der Waals surface area contributed by atoms with Crippen molar-refractivity contribution < 1.29 is 22.4 Å². The average Bonchev–Trinajstić information content (AvgIpc) is 3.44. The minimum absolute atomic E-state index is 0.0128. The highest BCUT2D eigenvalue weighted by Crippen LogP contribution is 2.37. The van der Waals surface area contributed by atoms with Crippen molar-refractivity contribution in [3.63, 3.8) is 0 Å². The van der Waals surface area contributed by atoms with Crippen molar-refractivity contribution in [1.82, 2.24) is 29.6 Å². The highest BCUT2D eigenvalue weighted by atomic mass is 35.5. The van der Waals surface area contributed by atoms with E-state index < -0.39 is 22.8 Å². The average molecular weight is 505 g/mol. The third-order valence-electron chi connectivity index (χ3n) is 4.95. The number of nitriles is 1. The summed E-state index contributed by atoms with van der Waals surface area (Å²) in [7, 11) is 1.51. The standard InChI is InChI=1S/C21H16ClF3N8O2/c1-11(30-20-31-15-7-13(21(23,24)25)14(22)8-16(15)35-20)18-28-10-29-33(18)17-4-3-12(9-27-17)19(34)32(2)6-5-26/h3-4,7-11H,6H2,1-2H3,(H,30,31)/t11-/m0/s1. The van der Waals surface area contributed by atoms with E-state index in [1.54, 1.807) is 19.1 Å². The molecule has 0 saturated carbocycles. The molecular weight excluding hydrogens is 489 g/mol. The third-order valence-corrected chi connectivity index (χ3v) is 5.26. The van der Waals surface area contributed by atoms with E-state index in [2.05, 4.69) is 25.4 Å². The van der Waals surface area contributed by atoms with Crippen LogP contribution >= 0.6 is 11.6 Å². The van der Waals surface area contributed by atoms with Crippen molar-refractivity contribution in [2.24, 2.45) is 0 Å². The number of benzene rings is 1. The van der Waals surface area contributed by atoms with Crippen LogP contribution in [0.1, 0.15) is 34.7 Å². The normalized spacial score (nSPS) is 12.4. The van der Waals surface area contributed by atoms with Gasteiger partial charge in [0.1, 0.15) is 18.4 Å². The number of fused-ring (bicyclic) bond motifs is 1. The quantitative estimate of drug-likeness (QED) is 0.386. The van der Waals surface area contributed by atoms with Gasteiger partial charge in [-0.15, -0.1) is 0 Å².